The van der Waals surface area contributed by atoms with Crippen molar-refractivity contribution in [3.8, 4) is 0 Å². The van der Waals surface area contributed by atoms with E-state index in [9.17, 15) is 19.5 Å². The fraction of sp³-hybridized carbons (Fsp3) is 0.571. The Kier molecular flexibility index (Phi) is 9.59. The third-order valence-corrected chi connectivity index (χ3v) is 5.36. The van der Waals surface area contributed by atoms with E-state index in [1.165, 1.54) is 0 Å². The highest BCUT2D eigenvalue weighted by molar-refractivity contribution is 6.31. The number of aliphatic hydroxyl groups is 1. The molecule has 0 saturated heterocycles. The summed E-state index contributed by atoms with van der Waals surface area (Å²) in [5, 5.41) is 23.9. The predicted octanol–water partition coefficient (Wildman–Crippen LogP) is 2.50. The van der Waals surface area contributed by atoms with E-state index in [1.54, 1.807) is 39.0 Å². The first-order chi connectivity index (χ1) is 13.6. The van der Waals surface area contributed by atoms with E-state index in [0.717, 1.165) is 0 Å². The van der Waals surface area contributed by atoms with Crippen molar-refractivity contribution in [3.63, 3.8) is 0 Å². The molecule has 162 valence electrons. The molecular weight excluding hydrogens is 396 g/mol. The number of aliphatic hydroxyl groups excluding tert-OH is 1. The molecule has 0 heterocycles. The largest absolute Gasteiger partial charge is 0.480 e. The number of hydrogen-bond donors (Lipinski definition) is 4. The van der Waals surface area contributed by atoms with Crippen molar-refractivity contribution in [3.05, 3.63) is 35.4 Å². The summed E-state index contributed by atoms with van der Waals surface area (Å²) >= 11 is 5.95. The molecule has 0 bridgehead atoms. The van der Waals surface area contributed by atoms with Crippen molar-refractivity contribution in [1.29, 1.82) is 0 Å². The third kappa shape index (κ3) is 7.01. The SMILES string of the molecule is C=C(/C=C\C(Cl)=C/C)C1(C(=O)N[C@H](C(=O)N[C@H](CCCO)C(=O)O)C(C)C)CC1. The van der Waals surface area contributed by atoms with Gasteiger partial charge in [0, 0.05) is 11.6 Å². The number of carboxylic acids is 1. The summed E-state index contributed by atoms with van der Waals surface area (Å²) in [7, 11) is 0. The number of allylic oxidation sites excluding steroid dienone is 4. The molecule has 2 atom stereocenters. The minimum Gasteiger partial charge on any atom is -0.480 e. The zero-order valence-corrected chi connectivity index (χ0v) is 18.0. The second kappa shape index (κ2) is 11.2. The van der Waals surface area contributed by atoms with Gasteiger partial charge in [0.2, 0.25) is 11.8 Å². The fourth-order valence-corrected chi connectivity index (χ4v) is 2.95. The molecule has 2 amide bonds. The van der Waals surface area contributed by atoms with Crippen molar-refractivity contribution in [1.82, 2.24) is 10.6 Å². The van der Waals surface area contributed by atoms with Crippen LogP contribution < -0.4 is 10.6 Å². The number of rotatable bonds is 12. The smallest absolute Gasteiger partial charge is 0.326 e. The zero-order chi connectivity index (χ0) is 22.2. The van der Waals surface area contributed by atoms with Crippen LogP contribution in [0.15, 0.2) is 35.4 Å². The maximum absolute atomic E-state index is 12.9. The number of amides is 2. The lowest BCUT2D eigenvalue weighted by Gasteiger charge is -2.26. The number of carbonyl (C=O) groups is 3. The Balaban J connectivity index is 2.86. The molecular formula is C21H31ClN2O5. The Hall–Kier alpha value is -2.12. The van der Waals surface area contributed by atoms with E-state index in [0.29, 0.717) is 23.4 Å². The van der Waals surface area contributed by atoms with Gasteiger partial charge in [-0.25, -0.2) is 4.79 Å². The van der Waals surface area contributed by atoms with E-state index < -0.39 is 29.4 Å². The minimum absolute atomic E-state index is 0.105. The summed E-state index contributed by atoms with van der Waals surface area (Å²) in [5.74, 6) is -2.30. The normalized spacial score (nSPS) is 17.7. The first-order valence-corrected chi connectivity index (χ1v) is 10.1. The molecule has 29 heavy (non-hydrogen) atoms. The van der Waals surface area contributed by atoms with Crippen LogP contribution in [0.25, 0.3) is 0 Å². The van der Waals surface area contributed by atoms with Gasteiger partial charge in [-0.2, -0.15) is 0 Å². The van der Waals surface area contributed by atoms with Gasteiger partial charge in [-0.1, -0.05) is 44.2 Å². The van der Waals surface area contributed by atoms with E-state index in [2.05, 4.69) is 17.2 Å². The second-order valence-electron chi connectivity index (χ2n) is 7.57. The third-order valence-electron chi connectivity index (χ3n) is 5.02. The molecule has 0 unspecified atom stereocenters. The number of hydrogen-bond acceptors (Lipinski definition) is 4. The average Bonchev–Trinajstić information content (AvgIpc) is 3.48. The van der Waals surface area contributed by atoms with Gasteiger partial charge in [-0.3, -0.25) is 9.59 Å². The summed E-state index contributed by atoms with van der Waals surface area (Å²) < 4.78 is 0. The van der Waals surface area contributed by atoms with Crippen molar-refractivity contribution >= 4 is 29.4 Å². The topological polar surface area (TPSA) is 116 Å². The fourth-order valence-electron chi connectivity index (χ4n) is 2.88. The summed E-state index contributed by atoms with van der Waals surface area (Å²) in [4.78, 5) is 36.9. The van der Waals surface area contributed by atoms with Gasteiger partial charge < -0.3 is 20.8 Å². The molecule has 1 saturated carbocycles. The van der Waals surface area contributed by atoms with Gasteiger partial charge in [0.1, 0.15) is 12.1 Å². The lowest BCUT2D eigenvalue weighted by Crippen LogP contribution is -2.55. The van der Waals surface area contributed by atoms with Crippen molar-refractivity contribution in [2.45, 2.75) is 58.5 Å². The highest BCUT2D eigenvalue weighted by Crippen LogP contribution is 2.52. The molecule has 8 heteroatoms. The second-order valence-corrected chi connectivity index (χ2v) is 8.01. The van der Waals surface area contributed by atoms with Gasteiger partial charge in [0.25, 0.3) is 0 Å². The molecule has 0 aliphatic heterocycles. The first kappa shape index (κ1) is 24.9. The van der Waals surface area contributed by atoms with Gasteiger partial charge in [0.05, 0.1) is 5.41 Å². The number of carbonyl (C=O) groups excluding carboxylic acids is 2. The lowest BCUT2D eigenvalue weighted by atomic mass is 9.93. The highest BCUT2D eigenvalue weighted by Gasteiger charge is 2.52. The number of halogens is 1. The molecule has 0 radical (unpaired) electrons. The van der Waals surface area contributed by atoms with Gasteiger partial charge >= 0.3 is 5.97 Å². The molecule has 0 aromatic heterocycles. The van der Waals surface area contributed by atoms with E-state index in [4.69, 9.17) is 16.7 Å². The minimum atomic E-state index is -1.18. The van der Waals surface area contributed by atoms with Crippen LogP contribution in [0.2, 0.25) is 0 Å². The van der Waals surface area contributed by atoms with Crippen LogP contribution in [-0.4, -0.2) is 46.7 Å². The average molecular weight is 427 g/mol. The Morgan fingerprint density at radius 3 is 2.28 bits per heavy atom. The van der Waals surface area contributed by atoms with Crippen LogP contribution in [0.4, 0.5) is 0 Å². The summed E-state index contributed by atoms with van der Waals surface area (Å²) in [6, 6.07) is -2.00. The van der Waals surface area contributed by atoms with Crippen LogP contribution in [0.5, 0.6) is 0 Å². The molecule has 0 aromatic rings. The van der Waals surface area contributed by atoms with Crippen molar-refractivity contribution in [2.75, 3.05) is 6.61 Å². The Labute approximate surface area is 176 Å². The summed E-state index contributed by atoms with van der Waals surface area (Å²) in [6.45, 7) is 9.16. The Bertz CT molecular complexity index is 695. The highest BCUT2D eigenvalue weighted by atomic mass is 35.5. The molecule has 4 N–H and O–H groups in total. The number of nitrogens with one attached hydrogen (secondary N) is 2. The van der Waals surface area contributed by atoms with Crippen LogP contribution >= 0.6 is 11.6 Å². The van der Waals surface area contributed by atoms with E-state index >= 15 is 0 Å². The van der Waals surface area contributed by atoms with Gasteiger partial charge in [-0.05, 0) is 50.2 Å². The maximum Gasteiger partial charge on any atom is 0.326 e. The van der Waals surface area contributed by atoms with Crippen LogP contribution in [0.1, 0.15) is 46.5 Å². The Morgan fingerprint density at radius 1 is 1.21 bits per heavy atom. The molecule has 1 fully saturated rings. The Morgan fingerprint density at radius 2 is 1.83 bits per heavy atom. The summed E-state index contributed by atoms with van der Waals surface area (Å²) in [6.07, 6.45) is 6.69. The van der Waals surface area contributed by atoms with Crippen molar-refractivity contribution < 1.29 is 24.6 Å². The predicted molar refractivity (Wildman–Crippen MR) is 112 cm³/mol. The summed E-state index contributed by atoms with van der Waals surface area (Å²) in [5.41, 5.74) is -0.151. The van der Waals surface area contributed by atoms with E-state index in [1.807, 2.05) is 0 Å². The number of aliphatic carboxylic acids is 1. The molecule has 7 nitrogen and oxygen atoms in total. The molecule has 1 rings (SSSR count). The van der Waals surface area contributed by atoms with Gasteiger partial charge in [-0.15, -0.1) is 0 Å². The molecule has 1 aliphatic carbocycles. The zero-order valence-electron chi connectivity index (χ0n) is 17.2. The first-order valence-electron chi connectivity index (χ1n) is 9.73. The standard InChI is InChI=1S/C21H31ClN2O5/c1-5-15(22)9-8-14(4)21(10-11-21)20(29)24-17(13(2)3)18(26)23-16(19(27)28)7-6-12-25/h5,8-9,13,16-17,25H,4,6-7,10-12H2,1-3H3,(H,23,26)(H,24,29)(H,27,28)/b9-8-,15-5+/t16-,17+/m1/s1. The van der Waals surface area contributed by atoms with Crippen LogP contribution in [0.3, 0.4) is 0 Å². The van der Waals surface area contributed by atoms with E-state index in [-0.39, 0.29) is 31.3 Å². The molecule has 0 aromatic carbocycles. The molecule has 1 aliphatic rings. The quantitative estimate of drug-likeness (QED) is 0.358. The van der Waals surface area contributed by atoms with Gasteiger partial charge in [0.15, 0.2) is 0 Å². The molecule has 0 spiro atoms. The number of carboxylic acid groups (broad SMARTS) is 1. The lowest BCUT2D eigenvalue weighted by molar-refractivity contribution is -0.142. The van der Waals surface area contributed by atoms with Crippen molar-refractivity contribution in [2.24, 2.45) is 11.3 Å². The van der Waals surface area contributed by atoms with Crippen LogP contribution in [0, 0.1) is 11.3 Å². The van der Waals surface area contributed by atoms with Crippen LogP contribution in [-0.2, 0) is 14.4 Å². The maximum atomic E-state index is 12.9. The monoisotopic (exact) mass is 426 g/mol.